The molecule has 6 fully saturated rings. The molecule has 1 atom stereocenters. The molecule has 5 aliphatic carbocycles. The van der Waals surface area contributed by atoms with Gasteiger partial charge in [-0.2, -0.15) is 23.5 Å². The predicted octanol–water partition coefficient (Wildman–Crippen LogP) is 5.84. The molecule has 0 unspecified atom stereocenters. The molecule has 2 aromatic heterocycles. The molecule has 11 heteroatoms. The van der Waals surface area contributed by atoms with E-state index in [1.807, 2.05) is 17.0 Å². The van der Waals surface area contributed by atoms with E-state index in [-0.39, 0.29) is 30.4 Å². The molecule has 3 heterocycles. The SMILES string of the molecule is CN(C)[C@H]1CCN(C(=O)N(CC23CCC(c4nc(C5CC5)no4)(CC2)CC3)c2cccc(-c3nc(C4CC4)no3)c2)C1.S. The molecule has 0 radical (unpaired) electrons. The van der Waals surface area contributed by atoms with Crippen LogP contribution in [0.15, 0.2) is 33.3 Å². The monoisotopic (exact) mass is 605 g/mol. The molecule has 0 N–H and O–H groups in total. The van der Waals surface area contributed by atoms with Crippen molar-refractivity contribution in [3.05, 3.63) is 41.8 Å². The summed E-state index contributed by atoms with van der Waals surface area (Å²) >= 11 is 0. The lowest BCUT2D eigenvalue weighted by Gasteiger charge is -2.53. The molecule has 0 spiro atoms. The third kappa shape index (κ3) is 5.36. The number of likely N-dealkylation sites (tertiary alicyclic amines) is 1. The fraction of sp³-hybridized carbons (Fsp3) is 0.656. The molecule has 2 amide bonds. The second kappa shape index (κ2) is 10.9. The zero-order valence-electron chi connectivity index (χ0n) is 25.3. The average molecular weight is 606 g/mol. The number of fused-ring (bicyclic) bond motifs is 3. The van der Waals surface area contributed by atoms with Crippen LogP contribution in [0.4, 0.5) is 10.5 Å². The summed E-state index contributed by atoms with van der Waals surface area (Å²) in [5.74, 6) is 4.03. The molecular formula is C32H43N7O3S. The Bertz CT molecular complexity index is 1450. The smallest absolute Gasteiger partial charge is 0.324 e. The van der Waals surface area contributed by atoms with Gasteiger partial charge in [0.1, 0.15) is 0 Å². The van der Waals surface area contributed by atoms with E-state index in [2.05, 4.69) is 51.3 Å². The Morgan fingerprint density at radius 3 is 2.26 bits per heavy atom. The molecule has 1 aliphatic heterocycles. The van der Waals surface area contributed by atoms with Crippen LogP contribution < -0.4 is 4.90 Å². The van der Waals surface area contributed by atoms with E-state index >= 15 is 0 Å². The van der Waals surface area contributed by atoms with Crippen molar-refractivity contribution in [2.24, 2.45) is 5.41 Å². The van der Waals surface area contributed by atoms with E-state index in [4.69, 9.17) is 14.0 Å². The maximum Gasteiger partial charge on any atom is 0.324 e. The second-order valence-corrected chi connectivity index (χ2v) is 14.0. The topological polar surface area (TPSA) is 105 Å². The van der Waals surface area contributed by atoms with Crippen molar-refractivity contribution < 1.29 is 13.8 Å². The first-order valence-corrected chi connectivity index (χ1v) is 15.9. The summed E-state index contributed by atoms with van der Waals surface area (Å²) in [6.45, 7) is 2.25. The first kappa shape index (κ1) is 28.8. The normalized spacial score (nSPS) is 28.3. The van der Waals surface area contributed by atoms with Crippen molar-refractivity contribution in [3.63, 3.8) is 0 Å². The lowest BCUT2D eigenvalue weighted by Crippen LogP contribution is -2.53. The van der Waals surface area contributed by atoms with Gasteiger partial charge < -0.3 is 18.8 Å². The predicted molar refractivity (Wildman–Crippen MR) is 167 cm³/mol. The molecule has 1 saturated heterocycles. The number of amides is 2. The molecule has 3 aromatic rings. The maximum absolute atomic E-state index is 14.3. The van der Waals surface area contributed by atoms with Crippen LogP contribution in [0.1, 0.15) is 100 Å². The Balaban J connectivity index is 0.00000300. The molecule has 9 rings (SSSR count). The van der Waals surface area contributed by atoms with Gasteiger partial charge in [-0.15, -0.1) is 0 Å². The molecule has 230 valence electrons. The first-order chi connectivity index (χ1) is 20.4. The van der Waals surface area contributed by atoms with Crippen LogP contribution in [0.25, 0.3) is 11.5 Å². The van der Waals surface area contributed by atoms with Crippen LogP contribution in [0.5, 0.6) is 0 Å². The van der Waals surface area contributed by atoms with Gasteiger partial charge in [0.2, 0.25) is 5.89 Å². The molecule has 10 nitrogen and oxygen atoms in total. The van der Waals surface area contributed by atoms with Gasteiger partial charge in [-0.3, -0.25) is 4.90 Å². The van der Waals surface area contributed by atoms with Gasteiger partial charge in [-0.25, -0.2) is 4.79 Å². The number of hydrogen-bond acceptors (Lipinski definition) is 8. The molecule has 6 aliphatic rings. The number of rotatable bonds is 8. The van der Waals surface area contributed by atoms with E-state index in [1.165, 1.54) is 12.8 Å². The third-order valence-corrected chi connectivity index (χ3v) is 10.9. The number of aromatic nitrogens is 4. The summed E-state index contributed by atoms with van der Waals surface area (Å²) in [5.41, 5.74) is 1.85. The summed E-state index contributed by atoms with van der Waals surface area (Å²) in [6.07, 6.45) is 11.9. The molecule has 1 aromatic carbocycles. The largest absolute Gasteiger partial charge is 0.339 e. The van der Waals surface area contributed by atoms with E-state index in [0.29, 0.717) is 30.3 Å². The number of urea groups is 1. The Kier molecular flexibility index (Phi) is 7.31. The molecule has 43 heavy (non-hydrogen) atoms. The van der Waals surface area contributed by atoms with Crippen LogP contribution in [-0.4, -0.2) is 75.9 Å². The Labute approximate surface area is 260 Å². The average Bonchev–Trinajstić information content (AvgIpc) is 3.88. The number of carbonyl (C=O) groups is 1. The van der Waals surface area contributed by atoms with Gasteiger partial charge in [0.25, 0.3) is 5.89 Å². The van der Waals surface area contributed by atoms with Crippen molar-refractivity contribution in [2.45, 2.75) is 93.9 Å². The summed E-state index contributed by atoms with van der Waals surface area (Å²) in [5, 5.41) is 8.56. The zero-order chi connectivity index (χ0) is 28.5. The molecular weight excluding hydrogens is 562 g/mol. The summed E-state index contributed by atoms with van der Waals surface area (Å²) in [7, 11) is 4.21. The number of likely N-dealkylation sites (N-methyl/N-ethyl adjacent to an activating group) is 1. The van der Waals surface area contributed by atoms with E-state index in [9.17, 15) is 4.79 Å². The van der Waals surface area contributed by atoms with Gasteiger partial charge in [0, 0.05) is 54.2 Å². The number of carbonyl (C=O) groups excluding carboxylic acids is 1. The minimum Gasteiger partial charge on any atom is -0.339 e. The highest BCUT2D eigenvalue weighted by Gasteiger charge is 2.53. The van der Waals surface area contributed by atoms with Crippen molar-refractivity contribution in [3.8, 4) is 11.5 Å². The van der Waals surface area contributed by atoms with E-state index in [1.54, 1.807) is 0 Å². The van der Waals surface area contributed by atoms with Crippen LogP contribution in [0.2, 0.25) is 0 Å². The highest BCUT2D eigenvalue weighted by molar-refractivity contribution is 7.59. The van der Waals surface area contributed by atoms with E-state index < -0.39 is 0 Å². The highest BCUT2D eigenvalue weighted by Crippen LogP contribution is 2.58. The number of anilines is 1. The summed E-state index contributed by atoms with van der Waals surface area (Å²) < 4.78 is 11.5. The van der Waals surface area contributed by atoms with Gasteiger partial charge in [0.05, 0.1) is 0 Å². The standard InChI is InChI=1S/C32H41N7O3.H2S/c1-37(2)25-10-17-38(19-25)30(40)39(24-5-3-4-23(18-24)28-33-26(35-41-28)21-6-7-21)20-31-11-14-32(15-12-31,16-13-31)29-34-27(36-42-29)22-8-9-22;/h3-5,18,21-22,25H,6-17,19-20H2,1-2H3;1H2/t25-,31?,32?;/m0./s1. The van der Waals surface area contributed by atoms with Crippen molar-refractivity contribution >= 4 is 25.2 Å². The summed E-state index contributed by atoms with van der Waals surface area (Å²) in [4.78, 5) is 30.2. The fourth-order valence-corrected chi connectivity index (χ4v) is 7.56. The van der Waals surface area contributed by atoms with Gasteiger partial charge >= 0.3 is 6.03 Å². The van der Waals surface area contributed by atoms with Crippen molar-refractivity contribution in [1.29, 1.82) is 0 Å². The second-order valence-electron chi connectivity index (χ2n) is 14.0. The van der Waals surface area contributed by atoms with Gasteiger partial charge in [-0.1, -0.05) is 16.4 Å². The fourth-order valence-electron chi connectivity index (χ4n) is 7.56. The number of benzene rings is 1. The van der Waals surface area contributed by atoms with Crippen LogP contribution in [-0.2, 0) is 5.41 Å². The Morgan fingerprint density at radius 2 is 1.60 bits per heavy atom. The van der Waals surface area contributed by atoms with Crippen LogP contribution >= 0.6 is 13.5 Å². The van der Waals surface area contributed by atoms with Crippen LogP contribution in [0, 0.1) is 5.41 Å². The highest BCUT2D eigenvalue weighted by atomic mass is 32.1. The maximum atomic E-state index is 14.3. The van der Waals surface area contributed by atoms with Gasteiger partial charge in [0.15, 0.2) is 11.6 Å². The minimum atomic E-state index is 0. The first-order valence-electron chi connectivity index (χ1n) is 15.9. The zero-order valence-corrected chi connectivity index (χ0v) is 26.3. The lowest BCUT2D eigenvalue weighted by atomic mass is 9.53. The lowest BCUT2D eigenvalue weighted by molar-refractivity contribution is 0.0283. The van der Waals surface area contributed by atoms with Crippen molar-refractivity contribution in [2.75, 3.05) is 38.6 Å². The summed E-state index contributed by atoms with van der Waals surface area (Å²) in [6, 6.07) is 8.62. The van der Waals surface area contributed by atoms with Crippen LogP contribution in [0.3, 0.4) is 0 Å². The Morgan fingerprint density at radius 1 is 0.930 bits per heavy atom. The number of nitrogens with zero attached hydrogens (tertiary/aromatic N) is 7. The van der Waals surface area contributed by atoms with Gasteiger partial charge in [-0.05, 0) is 108 Å². The quantitative estimate of drug-likeness (QED) is 0.315. The molecule has 2 bridgehead atoms. The van der Waals surface area contributed by atoms with E-state index in [0.717, 1.165) is 99.7 Å². The Hall–Kier alpha value is -2.92. The minimum absolute atomic E-state index is 0. The molecule has 5 saturated carbocycles. The number of hydrogen-bond donors (Lipinski definition) is 0. The van der Waals surface area contributed by atoms with Crippen molar-refractivity contribution in [1.82, 2.24) is 30.1 Å². The third-order valence-electron chi connectivity index (χ3n) is 10.9.